The molecule has 0 spiro atoms. The summed E-state index contributed by atoms with van der Waals surface area (Å²) in [6.45, 7) is -0.0554. The summed E-state index contributed by atoms with van der Waals surface area (Å²) in [7, 11) is 0. The first-order valence-electron chi connectivity index (χ1n) is 4.45. The number of nitrogens with one attached hydrogen (secondary N) is 1. The first-order valence-corrected chi connectivity index (χ1v) is 4.83. The van der Waals surface area contributed by atoms with E-state index in [1.54, 1.807) is 0 Å². The van der Waals surface area contributed by atoms with Crippen LogP contribution < -0.4 is 5.32 Å². The van der Waals surface area contributed by atoms with Crippen molar-refractivity contribution in [3.05, 3.63) is 34.6 Å². The van der Waals surface area contributed by atoms with E-state index in [4.69, 9.17) is 16.7 Å². The highest BCUT2D eigenvalue weighted by Crippen LogP contribution is 2.14. The van der Waals surface area contributed by atoms with Crippen LogP contribution in [0.5, 0.6) is 0 Å². The van der Waals surface area contributed by atoms with Crippen LogP contribution in [0.4, 0.5) is 4.39 Å². The van der Waals surface area contributed by atoms with Crippen LogP contribution in [0.2, 0.25) is 5.02 Å². The lowest BCUT2D eigenvalue weighted by Crippen LogP contribution is -2.26. The van der Waals surface area contributed by atoms with Crippen LogP contribution >= 0.6 is 11.6 Å². The normalized spacial score (nSPS) is 9.88. The zero-order valence-corrected chi connectivity index (χ0v) is 8.92. The number of carbonyl (C=O) groups excluding carboxylic acids is 1. The molecule has 0 aliphatic carbocycles. The minimum absolute atomic E-state index is 0.0554. The van der Waals surface area contributed by atoms with Gasteiger partial charge in [-0.25, -0.2) is 4.39 Å². The second-order valence-electron chi connectivity index (χ2n) is 3.02. The van der Waals surface area contributed by atoms with E-state index in [9.17, 15) is 14.0 Å². The van der Waals surface area contributed by atoms with Crippen molar-refractivity contribution in [1.82, 2.24) is 5.32 Å². The van der Waals surface area contributed by atoms with Gasteiger partial charge in [-0.15, -0.1) is 0 Å². The standard InChI is InChI=1S/C10H9ClFNO3/c11-6-1-2-8(12)7(5-6)10(16)13-4-3-9(14)15/h1-2,5H,3-4H2,(H,13,16)(H,14,15). The van der Waals surface area contributed by atoms with E-state index >= 15 is 0 Å². The number of halogens is 2. The van der Waals surface area contributed by atoms with E-state index in [2.05, 4.69) is 5.32 Å². The van der Waals surface area contributed by atoms with Gasteiger partial charge < -0.3 is 10.4 Å². The van der Waals surface area contributed by atoms with Crippen molar-refractivity contribution in [3.8, 4) is 0 Å². The molecule has 4 nitrogen and oxygen atoms in total. The lowest BCUT2D eigenvalue weighted by atomic mass is 10.2. The molecule has 1 aromatic rings. The van der Waals surface area contributed by atoms with Crippen molar-refractivity contribution < 1.29 is 19.1 Å². The predicted molar refractivity (Wildman–Crippen MR) is 56.0 cm³/mol. The van der Waals surface area contributed by atoms with Crippen LogP contribution in [-0.2, 0) is 4.79 Å². The molecule has 1 aromatic carbocycles. The summed E-state index contributed by atoms with van der Waals surface area (Å²) >= 11 is 5.60. The van der Waals surface area contributed by atoms with E-state index in [1.165, 1.54) is 12.1 Å². The Kier molecular flexibility index (Phi) is 4.25. The summed E-state index contributed by atoms with van der Waals surface area (Å²) in [5, 5.41) is 10.9. The minimum Gasteiger partial charge on any atom is -0.481 e. The zero-order chi connectivity index (χ0) is 12.1. The van der Waals surface area contributed by atoms with E-state index in [0.717, 1.165) is 6.07 Å². The number of aliphatic carboxylic acids is 1. The number of carbonyl (C=O) groups is 2. The van der Waals surface area contributed by atoms with E-state index in [-0.39, 0.29) is 23.6 Å². The summed E-state index contributed by atoms with van der Waals surface area (Å²) in [4.78, 5) is 21.6. The molecule has 0 aromatic heterocycles. The molecule has 0 radical (unpaired) electrons. The Morgan fingerprint density at radius 2 is 2.12 bits per heavy atom. The number of benzene rings is 1. The van der Waals surface area contributed by atoms with Crippen molar-refractivity contribution in [1.29, 1.82) is 0 Å². The fourth-order valence-corrected chi connectivity index (χ4v) is 1.22. The molecule has 0 unspecified atom stereocenters. The lowest BCUT2D eigenvalue weighted by Gasteiger charge is -2.04. The van der Waals surface area contributed by atoms with Gasteiger partial charge in [-0.1, -0.05) is 11.6 Å². The average Bonchev–Trinajstić information content (AvgIpc) is 2.21. The van der Waals surface area contributed by atoms with E-state index in [1.807, 2.05) is 0 Å². The Morgan fingerprint density at radius 3 is 2.75 bits per heavy atom. The number of rotatable bonds is 4. The van der Waals surface area contributed by atoms with Crippen LogP contribution in [0.3, 0.4) is 0 Å². The summed E-state index contributed by atoms with van der Waals surface area (Å²) in [5.74, 6) is -2.41. The monoisotopic (exact) mass is 245 g/mol. The van der Waals surface area contributed by atoms with Crippen molar-refractivity contribution >= 4 is 23.5 Å². The highest BCUT2D eigenvalue weighted by molar-refractivity contribution is 6.30. The summed E-state index contributed by atoms with van der Waals surface area (Å²) in [5.41, 5.74) is -0.196. The third-order valence-corrected chi connectivity index (χ3v) is 2.03. The summed E-state index contributed by atoms with van der Waals surface area (Å²) < 4.78 is 13.2. The van der Waals surface area contributed by atoms with Crippen LogP contribution in [0, 0.1) is 5.82 Å². The third kappa shape index (κ3) is 3.51. The molecule has 1 amide bonds. The topological polar surface area (TPSA) is 66.4 Å². The van der Waals surface area contributed by atoms with Crippen molar-refractivity contribution in [2.24, 2.45) is 0 Å². The number of hydrogen-bond donors (Lipinski definition) is 2. The Labute approximate surface area is 96.0 Å². The highest BCUT2D eigenvalue weighted by Gasteiger charge is 2.11. The lowest BCUT2D eigenvalue weighted by molar-refractivity contribution is -0.136. The maximum Gasteiger partial charge on any atom is 0.305 e. The maximum absolute atomic E-state index is 13.2. The molecule has 86 valence electrons. The molecule has 0 fully saturated rings. The molecule has 0 bridgehead atoms. The van der Waals surface area contributed by atoms with Crippen molar-refractivity contribution in [3.63, 3.8) is 0 Å². The smallest absolute Gasteiger partial charge is 0.305 e. The van der Waals surface area contributed by atoms with Gasteiger partial charge in [-0.2, -0.15) is 0 Å². The predicted octanol–water partition coefficient (Wildman–Crippen LogP) is 1.68. The molecule has 2 N–H and O–H groups in total. The van der Waals surface area contributed by atoms with Crippen molar-refractivity contribution in [2.45, 2.75) is 6.42 Å². The van der Waals surface area contributed by atoms with Gasteiger partial charge in [0.25, 0.3) is 5.91 Å². The Bertz CT molecular complexity index is 423. The molecular formula is C10H9ClFNO3. The molecule has 0 aliphatic heterocycles. The summed E-state index contributed by atoms with van der Waals surface area (Å²) in [6, 6.07) is 3.59. The van der Waals surface area contributed by atoms with Gasteiger partial charge in [0.1, 0.15) is 5.82 Å². The molecule has 16 heavy (non-hydrogen) atoms. The number of carboxylic acids is 1. The molecule has 6 heteroatoms. The van der Waals surface area contributed by atoms with Gasteiger partial charge in [0.2, 0.25) is 0 Å². The molecule has 0 heterocycles. The zero-order valence-electron chi connectivity index (χ0n) is 8.17. The molecule has 0 aliphatic rings. The first-order chi connectivity index (χ1) is 7.50. The quantitative estimate of drug-likeness (QED) is 0.848. The largest absolute Gasteiger partial charge is 0.481 e. The van der Waals surface area contributed by atoms with Gasteiger partial charge in [0, 0.05) is 11.6 Å². The van der Waals surface area contributed by atoms with Gasteiger partial charge in [0.15, 0.2) is 0 Å². The van der Waals surface area contributed by atoms with Gasteiger partial charge >= 0.3 is 5.97 Å². The van der Waals surface area contributed by atoms with E-state index < -0.39 is 17.7 Å². The van der Waals surface area contributed by atoms with Crippen LogP contribution in [0.15, 0.2) is 18.2 Å². The number of hydrogen-bond acceptors (Lipinski definition) is 2. The second-order valence-corrected chi connectivity index (χ2v) is 3.46. The fourth-order valence-electron chi connectivity index (χ4n) is 1.05. The van der Waals surface area contributed by atoms with Crippen LogP contribution in [0.1, 0.15) is 16.8 Å². The van der Waals surface area contributed by atoms with Gasteiger partial charge in [-0.05, 0) is 18.2 Å². The molecular weight excluding hydrogens is 237 g/mol. The number of carboxylic acid groups (broad SMARTS) is 1. The van der Waals surface area contributed by atoms with E-state index in [0.29, 0.717) is 0 Å². The first kappa shape index (κ1) is 12.4. The molecule has 0 saturated heterocycles. The Balaban J connectivity index is 2.65. The number of amides is 1. The van der Waals surface area contributed by atoms with Gasteiger partial charge in [0.05, 0.1) is 12.0 Å². The Hall–Kier alpha value is -1.62. The van der Waals surface area contributed by atoms with Crippen molar-refractivity contribution in [2.75, 3.05) is 6.54 Å². The van der Waals surface area contributed by atoms with Gasteiger partial charge in [-0.3, -0.25) is 9.59 Å². The fraction of sp³-hybridized carbons (Fsp3) is 0.200. The van der Waals surface area contributed by atoms with Crippen LogP contribution in [-0.4, -0.2) is 23.5 Å². The Morgan fingerprint density at radius 1 is 1.44 bits per heavy atom. The average molecular weight is 246 g/mol. The molecule has 1 rings (SSSR count). The SMILES string of the molecule is O=C(O)CCNC(=O)c1cc(Cl)ccc1F. The molecule has 0 atom stereocenters. The maximum atomic E-state index is 13.2. The molecule has 0 saturated carbocycles. The minimum atomic E-state index is -1.04. The second kappa shape index (κ2) is 5.46. The van der Waals surface area contributed by atoms with Crippen LogP contribution in [0.25, 0.3) is 0 Å². The third-order valence-electron chi connectivity index (χ3n) is 1.80. The summed E-state index contributed by atoms with van der Waals surface area (Å²) in [6.07, 6.45) is -0.214. The highest BCUT2D eigenvalue weighted by atomic mass is 35.5.